The van der Waals surface area contributed by atoms with Crippen molar-refractivity contribution in [3.05, 3.63) is 30.1 Å². The van der Waals surface area contributed by atoms with Gasteiger partial charge in [-0.15, -0.1) is 0 Å². The van der Waals surface area contributed by atoms with E-state index in [-0.39, 0.29) is 0 Å². The van der Waals surface area contributed by atoms with Crippen molar-refractivity contribution >= 4 is 22.8 Å². The number of aromatic nitrogens is 2. The zero-order chi connectivity index (χ0) is 13.0. The smallest absolute Gasteiger partial charge is 0.138 e. The number of fused-ring (bicyclic) bond motifs is 1. The van der Waals surface area contributed by atoms with Crippen LogP contribution < -0.4 is 0 Å². The Hall–Kier alpha value is -1.00. The summed E-state index contributed by atoms with van der Waals surface area (Å²) in [4.78, 5) is 4.52. The standard InChI is InChI=1S/C14H20N2OS/c1-3-18-10-6-9-16-13-8-5-4-7-12(13)15-14(16)11(2)17/h4-5,7-8,11,17H,3,6,9-10H2,1-2H3/t11-/m1/s1. The lowest BCUT2D eigenvalue weighted by molar-refractivity contribution is 0.184. The lowest BCUT2D eigenvalue weighted by Crippen LogP contribution is -2.07. The van der Waals surface area contributed by atoms with Crippen molar-refractivity contribution in [1.82, 2.24) is 9.55 Å². The second-order valence-corrected chi connectivity index (χ2v) is 5.73. The number of rotatable bonds is 6. The molecule has 0 radical (unpaired) electrons. The Morgan fingerprint density at radius 2 is 2.17 bits per heavy atom. The molecule has 0 saturated heterocycles. The summed E-state index contributed by atoms with van der Waals surface area (Å²) in [5.41, 5.74) is 2.09. The first-order chi connectivity index (χ1) is 8.74. The molecule has 0 unspecified atom stereocenters. The number of aliphatic hydroxyl groups is 1. The zero-order valence-corrected chi connectivity index (χ0v) is 11.8. The van der Waals surface area contributed by atoms with Crippen molar-refractivity contribution in [3.63, 3.8) is 0 Å². The van der Waals surface area contributed by atoms with Gasteiger partial charge in [-0.25, -0.2) is 4.98 Å². The Labute approximate surface area is 112 Å². The number of imidazole rings is 1. The maximum absolute atomic E-state index is 9.82. The molecular weight excluding hydrogens is 244 g/mol. The summed E-state index contributed by atoms with van der Waals surface area (Å²) in [6.45, 7) is 4.88. The number of hydrogen-bond acceptors (Lipinski definition) is 3. The molecule has 2 rings (SSSR count). The maximum atomic E-state index is 9.82. The average molecular weight is 264 g/mol. The van der Waals surface area contributed by atoms with E-state index in [0.29, 0.717) is 0 Å². The van der Waals surface area contributed by atoms with E-state index in [9.17, 15) is 5.11 Å². The van der Waals surface area contributed by atoms with Gasteiger partial charge >= 0.3 is 0 Å². The monoisotopic (exact) mass is 264 g/mol. The van der Waals surface area contributed by atoms with Crippen LogP contribution in [0.1, 0.15) is 32.2 Å². The first-order valence-corrected chi connectivity index (χ1v) is 7.60. The highest BCUT2D eigenvalue weighted by Gasteiger charge is 2.13. The maximum Gasteiger partial charge on any atom is 0.138 e. The van der Waals surface area contributed by atoms with Crippen LogP contribution in [0.4, 0.5) is 0 Å². The lowest BCUT2D eigenvalue weighted by atomic mass is 10.3. The van der Waals surface area contributed by atoms with Crippen LogP contribution in [0.5, 0.6) is 0 Å². The fourth-order valence-corrected chi connectivity index (χ4v) is 2.74. The van der Waals surface area contributed by atoms with Gasteiger partial charge in [0.15, 0.2) is 0 Å². The van der Waals surface area contributed by atoms with Crippen LogP contribution in [-0.4, -0.2) is 26.2 Å². The molecule has 1 aromatic heterocycles. The van der Waals surface area contributed by atoms with E-state index in [1.165, 1.54) is 0 Å². The minimum atomic E-state index is -0.517. The van der Waals surface area contributed by atoms with Crippen molar-refractivity contribution in [2.75, 3.05) is 11.5 Å². The largest absolute Gasteiger partial charge is 0.385 e. The normalized spacial score (nSPS) is 13.1. The number of para-hydroxylation sites is 2. The summed E-state index contributed by atoms with van der Waals surface area (Å²) in [5.74, 6) is 3.09. The molecule has 1 atom stereocenters. The number of thioether (sulfide) groups is 1. The van der Waals surface area contributed by atoms with Crippen LogP contribution in [0.2, 0.25) is 0 Å². The third-order valence-corrected chi connectivity index (χ3v) is 3.92. The molecule has 0 amide bonds. The predicted molar refractivity (Wildman–Crippen MR) is 78.0 cm³/mol. The van der Waals surface area contributed by atoms with Crippen molar-refractivity contribution in [2.24, 2.45) is 0 Å². The van der Waals surface area contributed by atoms with Crippen LogP contribution in [0.15, 0.2) is 24.3 Å². The first-order valence-electron chi connectivity index (χ1n) is 6.45. The third-order valence-electron chi connectivity index (χ3n) is 2.93. The van der Waals surface area contributed by atoms with E-state index in [0.717, 1.165) is 41.3 Å². The van der Waals surface area contributed by atoms with Crippen molar-refractivity contribution in [2.45, 2.75) is 32.9 Å². The Balaban J connectivity index is 2.24. The van der Waals surface area contributed by atoms with Crippen LogP contribution >= 0.6 is 11.8 Å². The summed E-state index contributed by atoms with van der Waals surface area (Å²) in [7, 11) is 0. The van der Waals surface area contributed by atoms with E-state index < -0.39 is 6.10 Å². The first kappa shape index (κ1) is 13.4. The van der Waals surface area contributed by atoms with Gasteiger partial charge in [0.05, 0.1) is 11.0 Å². The third kappa shape index (κ3) is 2.87. The molecule has 98 valence electrons. The summed E-state index contributed by atoms with van der Waals surface area (Å²) in [5, 5.41) is 9.82. The highest BCUT2D eigenvalue weighted by Crippen LogP contribution is 2.21. The SMILES string of the molecule is CCSCCCn1c([C@@H](C)O)nc2ccccc21. The van der Waals surface area contributed by atoms with Gasteiger partial charge in [-0.2, -0.15) is 11.8 Å². The zero-order valence-electron chi connectivity index (χ0n) is 11.0. The van der Waals surface area contributed by atoms with Crippen LogP contribution in [0, 0.1) is 0 Å². The van der Waals surface area contributed by atoms with Crippen LogP contribution in [0.3, 0.4) is 0 Å². The van der Waals surface area contributed by atoms with Crippen molar-refractivity contribution in [1.29, 1.82) is 0 Å². The molecule has 0 bridgehead atoms. The molecule has 1 heterocycles. The number of benzene rings is 1. The molecule has 3 nitrogen and oxygen atoms in total. The van der Waals surface area contributed by atoms with E-state index in [2.05, 4.69) is 22.5 Å². The Morgan fingerprint density at radius 1 is 1.39 bits per heavy atom. The number of aliphatic hydroxyl groups excluding tert-OH is 1. The van der Waals surface area contributed by atoms with Gasteiger partial charge in [-0.3, -0.25) is 0 Å². The molecule has 2 aromatic rings. The summed E-state index contributed by atoms with van der Waals surface area (Å²) in [6.07, 6.45) is 0.592. The lowest BCUT2D eigenvalue weighted by Gasteiger charge is -2.10. The van der Waals surface area contributed by atoms with Crippen molar-refractivity contribution < 1.29 is 5.11 Å². The van der Waals surface area contributed by atoms with Gasteiger partial charge in [-0.05, 0) is 37.0 Å². The Kier molecular flexibility index (Phi) is 4.66. The van der Waals surface area contributed by atoms with Crippen LogP contribution in [-0.2, 0) is 6.54 Å². The molecule has 0 saturated carbocycles. The molecule has 1 aromatic carbocycles. The predicted octanol–water partition coefficient (Wildman–Crippen LogP) is 3.23. The molecule has 4 heteroatoms. The number of aryl methyl sites for hydroxylation is 1. The fourth-order valence-electron chi connectivity index (χ4n) is 2.12. The summed E-state index contributed by atoms with van der Waals surface area (Å²) < 4.78 is 2.15. The topological polar surface area (TPSA) is 38.0 Å². The highest BCUT2D eigenvalue weighted by molar-refractivity contribution is 7.99. The molecular formula is C14H20N2OS. The molecule has 0 spiro atoms. The van der Waals surface area contributed by atoms with Gasteiger partial charge in [0.2, 0.25) is 0 Å². The van der Waals surface area contributed by atoms with Crippen molar-refractivity contribution in [3.8, 4) is 0 Å². The minimum Gasteiger partial charge on any atom is -0.385 e. The van der Waals surface area contributed by atoms with Gasteiger partial charge in [-0.1, -0.05) is 19.1 Å². The average Bonchev–Trinajstić information content (AvgIpc) is 2.74. The number of nitrogens with zero attached hydrogens (tertiary/aromatic N) is 2. The van der Waals surface area contributed by atoms with E-state index in [1.807, 2.05) is 30.0 Å². The second kappa shape index (κ2) is 6.25. The molecule has 0 aliphatic rings. The van der Waals surface area contributed by atoms with Gasteiger partial charge in [0.1, 0.15) is 11.9 Å². The van der Waals surface area contributed by atoms with E-state index >= 15 is 0 Å². The minimum absolute atomic E-state index is 0.517. The van der Waals surface area contributed by atoms with Gasteiger partial charge in [0, 0.05) is 6.54 Å². The molecule has 0 aliphatic heterocycles. The van der Waals surface area contributed by atoms with Gasteiger partial charge in [0.25, 0.3) is 0 Å². The quantitative estimate of drug-likeness (QED) is 0.814. The fraction of sp³-hybridized carbons (Fsp3) is 0.500. The molecule has 18 heavy (non-hydrogen) atoms. The highest BCUT2D eigenvalue weighted by atomic mass is 32.2. The van der Waals surface area contributed by atoms with E-state index in [4.69, 9.17) is 0 Å². The summed E-state index contributed by atoms with van der Waals surface area (Å²) in [6, 6.07) is 8.07. The Morgan fingerprint density at radius 3 is 2.89 bits per heavy atom. The van der Waals surface area contributed by atoms with Crippen LogP contribution in [0.25, 0.3) is 11.0 Å². The molecule has 0 aliphatic carbocycles. The molecule has 1 N–H and O–H groups in total. The van der Waals surface area contributed by atoms with E-state index in [1.54, 1.807) is 6.92 Å². The second-order valence-electron chi connectivity index (χ2n) is 4.34. The Bertz CT molecular complexity index is 507. The van der Waals surface area contributed by atoms with Gasteiger partial charge < -0.3 is 9.67 Å². The number of hydrogen-bond donors (Lipinski definition) is 1. The summed E-state index contributed by atoms with van der Waals surface area (Å²) >= 11 is 1.95. The molecule has 0 fully saturated rings.